The first-order valence-corrected chi connectivity index (χ1v) is 13.5. The summed E-state index contributed by atoms with van der Waals surface area (Å²) in [5, 5.41) is 0.352. The molecule has 0 radical (unpaired) electrons. The summed E-state index contributed by atoms with van der Waals surface area (Å²) in [6, 6.07) is 23.8. The van der Waals surface area contributed by atoms with Crippen LogP contribution in [0.3, 0.4) is 0 Å². The number of benzene rings is 3. The van der Waals surface area contributed by atoms with Crippen molar-refractivity contribution < 1.29 is 8.42 Å². The lowest BCUT2D eigenvalue weighted by molar-refractivity contribution is 0.575. The van der Waals surface area contributed by atoms with Gasteiger partial charge in [0.05, 0.1) is 4.90 Å². The van der Waals surface area contributed by atoms with Gasteiger partial charge in [0, 0.05) is 21.2 Å². The van der Waals surface area contributed by atoms with Gasteiger partial charge in [-0.3, -0.25) is 0 Å². The molecule has 0 heterocycles. The van der Waals surface area contributed by atoms with Crippen LogP contribution in [0.15, 0.2) is 87.1 Å². The lowest BCUT2D eigenvalue weighted by Crippen LogP contribution is -2.25. The van der Waals surface area contributed by atoms with Crippen molar-refractivity contribution in [2.24, 2.45) is 0 Å². The van der Waals surface area contributed by atoms with E-state index in [1.54, 1.807) is 12.1 Å². The third kappa shape index (κ3) is 7.49. The van der Waals surface area contributed by atoms with E-state index < -0.39 is 10.0 Å². The smallest absolute Gasteiger partial charge is 0.211 e. The van der Waals surface area contributed by atoms with Crippen molar-refractivity contribution in [2.75, 3.05) is 6.54 Å². The Kier molecular flexibility index (Phi) is 8.78. The van der Waals surface area contributed by atoms with E-state index in [4.69, 9.17) is 0 Å². The normalized spacial score (nSPS) is 12.6. The fraction of sp³-hybridized carbons (Fsp3) is 0.280. The predicted molar refractivity (Wildman–Crippen MR) is 134 cm³/mol. The van der Waals surface area contributed by atoms with E-state index in [0.717, 1.165) is 29.3 Å². The van der Waals surface area contributed by atoms with Crippen LogP contribution in [0.5, 0.6) is 0 Å². The molecule has 3 nitrogen and oxygen atoms in total. The van der Waals surface area contributed by atoms with E-state index in [9.17, 15) is 8.42 Å². The zero-order valence-corrected chi connectivity index (χ0v) is 21.1. The molecule has 0 bridgehead atoms. The highest BCUT2D eigenvalue weighted by atomic mass is 79.9. The molecule has 0 fully saturated rings. The zero-order chi connectivity index (χ0) is 22.3. The van der Waals surface area contributed by atoms with Crippen molar-refractivity contribution >= 4 is 37.7 Å². The molecule has 0 saturated heterocycles. The minimum Gasteiger partial charge on any atom is -0.211 e. The monoisotopic (exact) mass is 517 g/mol. The molecular weight excluding hydrogens is 490 g/mol. The first-order chi connectivity index (χ1) is 14.8. The van der Waals surface area contributed by atoms with Gasteiger partial charge in [0.1, 0.15) is 0 Å². The summed E-state index contributed by atoms with van der Waals surface area (Å²) in [5.41, 5.74) is 3.60. The molecule has 0 aromatic heterocycles. The van der Waals surface area contributed by atoms with Crippen LogP contribution in [-0.2, 0) is 16.4 Å². The number of hydrogen-bond acceptors (Lipinski definition) is 3. The number of halogens is 1. The molecule has 0 amide bonds. The summed E-state index contributed by atoms with van der Waals surface area (Å²) >= 11 is 5.49. The van der Waals surface area contributed by atoms with Gasteiger partial charge >= 0.3 is 0 Å². The first kappa shape index (κ1) is 24.1. The van der Waals surface area contributed by atoms with Crippen LogP contribution in [0.25, 0.3) is 0 Å². The minimum atomic E-state index is -3.47. The van der Waals surface area contributed by atoms with Crippen molar-refractivity contribution in [3.8, 4) is 0 Å². The van der Waals surface area contributed by atoms with Gasteiger partial charge in [0.15, 0.2) is 0 Å². The molecule has 1 unspecified atom stereocenters. The maximum Gasteiger partial charge on any atom is 0.240 e. The minimum absolute atomic E-state index is 0.317. The molecule has 3 aromatic rings. The molecule has 31 heavy (non-hydrogen) atoms. The van der Waals surface area contributed by atoms with E-state index in [1.165, 1.54) is 16.0 Å². The predicted octanol–water partition coefficient (Wildman–Crippen LogP) is 6.53. The lowest BCUT2D eigenvalue weighted by Gasteiger charge is -2.18. The Balaban J connectivity index is 1.61. The fourth-order valence-corrected chi connectivity index (χ4v) is 6.14. The van der Waals surface area contributed by atoms with Crippen LogP contribution in [0.4, 0.5) is 0 Å². The second kappa shape index (κ2) is 11.3. The standard InChI is InChI=1S/C25H28BrNO2S2/c1-19-9-13-21(14-10-19)18-22(30-25-8-4-3-7-24(25)26)6-5-17-27-31(28,29)23-15-11-20(2)12-16-23/h3-4,7-16,22,27H,5-6,17-18H2,1-2H3. The highest BCUT2D eigenvalue weighted by Gasteiger charge is 2.16. The van der Waals surface area contributed by atoms with Crippen LogP contribution in [-0.4, -0.2) is 20.2 Å². The Morgan fingerprint density at radius 1 is 0.903 bits per heavy atom. The van der Waals surface area contributed by atoms with E-state index in [0.29, 0.717) is 16.7 Å². The molecule has 3 aromatic carbocycles. The second-order valence-corrected chi connectivity index (χ2v) is 11.7. The highest BCUT2D eigenvalue weighted by molar-refractivity contribution is 9.10. The summed E-state index contributed by atoms with van der Waals surface area (Å²) in [4.78, 5) is 1.52. The van der Waals surface area contributed by atoms with Crippen LogP contribution in [0.1, 0.15) is 29.5 Å². The van der Waals surface area contributed by atoms with Gasteiger partial charge in [-0.25, -0.2) is 13.1 Å². The molecular formula is C25H28BrNO2S2. The van der Waals surface area contributed by atoms with Gasteiger partial charge in [-0.1, -0.05) is 59.7 Å². The Morgan fingerprint density at radius 3 is 2.16 bits per heavy atom. The van der Waals surface area contributed by atoms with E-state index in [-0.39, 0.29) is 0 Å². The molecule has 3 rings (SSSR count). The SMILES string of the molecule is Cc1ccc(CC(CCCNS(=O)(=O)c2ccc(C)cc2)Sc2ccccc2Br)cc1. The molecule has 1 N–H and O–H groups in total. The zero-order valence-electron chi connectivity index (χ0n) is 17.8. The van der Waals surface area contributed by atoms with Crippen molar-refractivity contribution in [1.82, 2.24) is 4.72 Å². The third-order valence-corrected chi connectivity index (χ3v) is 8.82. The number of rotatable bonds is 10. The van der Waals surface area contributed by atoms with Crippen molar-refractivity contribution in [1.29, 1.82) is 0 Å². The number of nitrogens with one attached hydrogen (secondary N) is 1. The summed E-state index contributed by atoms with van der Waals surface area (Å²) in [7, 11) is -3.47. The van der Waals surface area contributed by atoms with Gasteiger partial charge in [-0.2, -0.15) is 0 Å². The third-order valence-electron chi connectivity index (χ3n) is 5.04. The van der Waals surface area contributed by atoms with Gasteiger partial charge in [0.25, 0.3) is 0 Å². The molecule has 6 heteroatoms. The van der Waals surface area contributed by atoms with E-state index >= 15 is 0 Å². The average molecular weight is 519 g/mol. The lowest BCUT2D eigenvalue weighted by atomic mass is 10.1. The molecule has 0 aliphatic rings. The van der Waals surface area contributed by atoms with E-state index in [2.05, 4.69) is 64.0 Å². The van der Waals surface area contributed by atoms with Crippen molar-refractivity contribution in [3.05, 3.63) is 94.0 Å². The van der Waals surface area contributed by atoms with Crippen molar-refractivity contribution in [2.45, 2.75) is 48.2 Å². The van der Waals surface area contributed by atoms with Crippen LogP contribution in [0.2, 0.25) is 0 Å². The van der Waals surface area contributed by atoms with Crippen LogP contribution in [0, 0.1) is 13.8 Å². The number of hydrogen-bond donors (Lipinski definition) is 1. The molecule has 1 atom stereocenters. The Hall–Kier alpha value is -1.60. The van der Waals surface area contributed by atoms with Crippen LogP contribution < -0.4 is 4.72 Å². The molecule has 0 spiro atoms. The number of thioether (sulfide) groups is 1. The van der Waals surface area contributed by atoms with Gasteiger partial charge in [-0.05, 0) is 78.9 Å². The molecule has 164 valence electrons. The molecule has 0 aliphatic carbocycles. The summed E-state index contributed by atoms with van der Waals surface area (Å²) < 4.78 is 28.9. The van der Waals surface area contributed by atoms with Gasteiger partial charge in [-0.15, -0.1) is 11.8 Å². The topological polar surface area (TPSA) is 46.2 Å². The van der Waals surface area contributed by atoms with Crippen LogP contribution >= 0.6 is 27.7 Å². The second-order valence-electron chi connectivity index (χ2n) is 7.71. The largest absolute Gasteiger partial charge is 0.240 e. The number of sulfonamides is 1. The molecule has 0 saturated carbocycles. The van der Waals surface area contributed by atoms with Gasteiger partial charge in [0.2, 0.25) is 10.0 Å². The van der Waals surface area contributed by atoms with Crippen molar-refractivity contribution in [3.63, 3.8) is 0 Å². The summed E-state index contributed by atoms with van der Waals surface area (Å²) in [6.45, 7) is 4.47. The number of aryl methyl sites for hydroxylation is 2. The Labute approximate surface area is 198 Å². The van der Waals surface area contributed by atoms with E-state index in [1.807, 2.05) is 43.0 Å². The Morgan fingerprint density at radius 2 is 1.52 bits per heavy atom. The Bertz CT molecular complexity index is 1080. The summed E-state index contributed by atoms with van der Waals surface area (Å²) in [6.07, 6.45) is 2.63. The highest BCUT2D eigenvalue weighted by Crippen LogP contribution is 2.34. The first-order valence-electron chi connectivity index (χ1n) is 10.4. The fourth-order valence-electron chi connectivity index (χ4n) is 3.25. The average Bonchev–Trinajstić information content (AvgIpc) is 2.74. The maximum absolute atomic E-state index is 12.5. The summed E-state index contributed by atoms with van der Waals surface area (Å²) in [5.74, 6) is 0. The maximum atomic E-state index is 12.5. The molecule has 0 aliphatic heterocycles. The van der Waals surface area contributed by atoms with Gasteiger partial charge < -0.3 is 0 Å². The quantitative estimate of drug-likeness (QED) is 0.245.